The van der Waals surface area contributed by atoms with Crippen molar-refractivity contribution in [2.45, 2.75) is 42.3 Å². The van der Waals surface area contributed by atoms with Crippen molar-refractivity contribution in [1.82, 2.24) is 14.5 Å². The molecule has 29 heavy (non-hydrogen) atoms. The lowest BCUT2D eigenvalue weighted by Gasteiger charge is -2.27. The summed E-state index contributed by atoms with van der Waals surface area (Å²) in [6, 6.07) is 4.72. The number of carbonyl (C=O) groups excluding carboxylic acids is 1. The number of nitrogens with one attached hydrogen (secondary N) is 1. The Morgan fingerprint density at radius 2 is 2.03 bits per heavy atom. The summed E-state index contributed by atoms with van der Waals surface area (Å²) in [4.78, 5) is 12.4. The molecule has 8 nitrogen and oxygen atoms in total. The number of nitrogens with zero attached hydrogens (tertiary/aromatic N) is 3. The van der Waals surface area contributed by atoms with Crippen molar-refractivity contribution < 1.29 is 17.9 Å². The third-order valence-corrected chi connectivity index (χ3v) is 8.19. The highest BCUT2D eigenvalue weighted by Crippen LogP contribution is 2.31. The number of hydrogen-bond donors (Lipinski definition) is 1. The fraction of sp³-hybridized carbons (Fsp3) is 0.500. The highest BCUT2D eigenvalue weighted by atomic mass is 32.2. The van der Waals surface area contributed by atoms with Crippen molar-refractivity contribution in [3.05, 3.63) is 23.2 Å². The number of hydrogen-bond acceptors (Lipinski definition) is 8. The molecule has 0 bridgehead atoms. The molecule has 0 radical (unpaired) electrons. The Balaban J connectivity index is 1.75. The van der Waals surface area contributed by atoms with Gasteiger partial charge in [-0.05, 0) is 44.9 Å². The number of piperidine rings is 1. The zero-order valence-electron chi connectivity index (χ0n) is 16.4. The molecule has 158 valence electrons. The zero-order valence-corrected chi connectivity index (χ0v) is 18.8. The van der Waals surface area contributed by atoms with Gasteiger partial charge in [0, 0.05) is 18.8 Å². The van der Waals surface area contributed by atoms with Crippen LogP contribution in [-0.2, 0) is 14.8 Å². The highest BCUT2D eigenvalue weighted by Gasteiger charge is 2.29. The van der Waals surface area contributed by atoms with Crippen LogP contribution in [0.5, 0.6) is 5.75 Å². The fourth-order valence-electron chi connectivity index (χ4n) is 2.97. The summed E-state index contributed by atoms with van der Waals surface area (Å²) < 4.78 is 34.1. The van der Waals surface area contributed by atoms with Crippen LogP contribution < -0.4 is 10.1 Å². The van der Waals surface area contributed by atoms with Crippen LogP contribution in [0.25, 0.3) is 0 Å². The standard InChI is InChI=1S/C18H24N4O4S3/c1-3-26-15-8-7-14(19-17(23)12-27-18-21-20-13(2)28-18)11-16(15)29(24,25)22-9-5-4-6-10-22/h7-8,11H,3-6,9-10,12H2,1-2H3,(H,19,23). The van der Waals surface area contributed by atoms with Gasteiger partial charge in [0.25, 0.3) is 0 Å². The van der Waals surface area contributed by atoms with Gasteiger partial charge >= 0.3 is 0 Å². The molecule has 1 aromatic heterocycles. The monoisotopic (exact) mass is 456 g/mol. The fourth-order valence-corrected chi connectivity index (χ4v) is 6.26. The first-order valence-corrected chi connectivity index (χ1v) is 12.6. The Morgan fingerprint density at radius 1 is 1.28 bits per heavy atom. The Kier molecular flexibility index (Phi) is 7.49. The van der Waals surface area contributed by atoms with Gasteiger partial charge in [-0.15, -0.1) is 10.2 Å². The van der Waals surface area contributed by atoms with Crippen molar-refractivity contribution in [3.63, 3.8) is 0 Å². The first-order chi connectivity index (χ1) is 13.9. The largest absolute Gasteiger partial charge is 0.492 e. The summed E-state index contributed by atoms with van der Waals surface area (Å²) in [7, 11) is -3.69. The summed E-state index contributed by atoms with van der Waals surface area (Å²) in [6.45, 7) is 5.02. The quantitative estimate of drug-likeness (QED) is 0.609. The Hall–Kier alpha value is -1.69. The molecule has 0 aliphatic carbocycles. The minimum atomic E-state index is -3.69. The van der Waals surface area contributed by atoms with Gasteiger partial charge in [0.2, 0.25) is 15.9 Å². The van der Waals surface area contributed by atoms with E-state index in [1.807, 2.05) is 6.92 Å². The van der Waals surface area contributed by atoms with Crippen LogP contribution in [0.2, 0.25) is 0 Å². The molecule has 1 aliphatic rings. The maximum absolute atomic E-state index is 13.1. The molecule has 0 atom stereocenters. The number of benzene rings is 1. The molecule has 1 fully saturated rings. The average molecular weight is 457 g/mol. The van der Waals surface area contributed by atoms with Crippen LogP contribution in [0, 0.1) is 6.92 Å². The summed E-state index contributed by atoms with van der Waals surface area (Å²) in [5, 5.41) is 11.5. The molecule has 1 aromatic carbocycles. The van der Waals surface area contributed by atoms with E-state index in [9.17, 15) is 13.2 Å². The van der Waals surface area contributed by atoms with E-state index in [0.717, 1.165) is 28.6 Å². The number of amides is 1. The van der Waals surface area contributed by atoms with E-state index < -0.39 is 10.0 Å². The van der Waals surface area contributed by atoms with Gasteiger partial charge in [-0.2, -0.15) is 4.31 Å². The molecule has 1 aliphatic heterocycles. The van der Waals surface area contributed by atoms with Crippen LogP contribution in [0.1, 0.15) is 31.2 Å². The number of aryl methyl sites for hydroxylation is 1. The van der Waals surface area contributed by atoms with E-state index in [2.05, 4.69) is 15.5 Å². The molecule has 0 unspecified atom stereocenters. The number of aromatic nitrogens is 2. The van der Waals surface area contributed by atoms with E-state index in [1.165, 1.54) is 33.5 Å². The van der Waals surface area contributed by atoms with Crippen LogP contribution in [0.4, 0.5) is 5.69 Å². The Labute approximate surface area is 179 Å². The molecule has 1 N–H and O–H groups in total. The van der Waals surface area contributed by atoms with Gasteiger partial charge in [-0.25, -0.2) is 8.42 Å². The number of anilines is 1. The smallest absolute Gasteiger partial charge is 0.246 e. The van der Waals surface area contributed by atoms with Crippen LogP contribution in [0.3, 0.4) is 0 Å². The molecule has 3 rings (SSSR count). The van der Waals surface area contributed by atoms with Crippen molar-refractivity contribution in [1.29, 1.82) is 0 Å². The topological polar surface area (TPSA) is 101 Å². The number of ether oxygens (including phenoxy) is 1. The third kappa shape index (κ3) is 5.68. The average Bonchev–Trinajstić information content (AvgIpc) is 3.13. The number of rotatable bonds is 8. The second-order valence-corrected chi connectivity index (χ2v) is 10.8. The Bertz CT molecular complexity index is 956. The van der Waals surface area contributed by atoms with Crippen molar-refractivity contribution >= 4 is 44.7 Å². The van der Waals surface area contributed by atoms with Crippen LogP contribution in [0.15, 0.2) is 27.4 Å². The third-order valence-electron chi connectivity index (χ3n) is 4.29. The van der Waals surface area contributed by atoms with Gasteiger partial charge < -0.3 is 10.1 Å². The van der Waals surface area contributed by atoms with Crippen LogP contribution in [-0.4, -0.2) is 54.3 Å². The van der Waals surface area contributed by atoms with Gasteiger partial charge in [-0.3, -0.25) is 4.79 Å². The second-order valence-electron chi connectivity index (χ2n) is 6.48. The SMILES string of the molecule is CCOc1ccc(NC(=O)CSc2nnc(C)s2)cc1S(=O)(=O)N1CCCCC1. The highest BCUT2D eigenvalue weighted by molar-refractivity contribution is 8.01. The lowest BCUT2D eigenvalue weighted by Crippen LogP contribution is -2.35. The predicted molar refractivity (Wildman–Crippen MR) is 114 cm³/mol. The van der Waals surface area contributed by atoms with Gasteiger partial charge in [-0.1, -0.05) is 29.5 Å². The summed E-state index contributed by atoms with van der Waals surface area (Å²) in [6.07, 6.45) is 2.73. The minimum absolute atomic E-state index is 0.0893. The first-order valence-electron chi connectivity index (χ1n) is 9.40. The molecule has 1 amide bonds. The van der Waals surface area contributed by atoms with Crippen molar-refractivity contribution in [3.8, 4) is 5.75 Å². The number of sulfonamides is 1. The lowest BCUT2D eigenvalue weighted by molar-refractivity contribution is -0.113. The molecule has 11 heteroatoms. The van der Waals surface area contributed by atoms with E-state index >= 15 is 0 Å². The molecular weight excluding hydrogens is 432 g/mol. The van der Waals surface area contributed by atoms with Gasteiger partial charge in [0.1, 0.15) is 15.7 Å². The number of carbonyl (C=O) groups is 1. The predicted octanol–water partition coefficient (Wildman–Crippen LogP) is 3.15. The molecular formula is C18H24N4O4S3. The Morgan fingerprint density at radius 3 is 2.69 bits per heavy atom. The van der Waals surface area contributed by atoms with Gasteiger partial charge in [0.15, 0.2) is 4.34 Å². The van der Waals surface area contributed by atoms with Crippen molar-refractivity contribution in [2.75, 3.05) is 30.8 Å². The maximum atomic E-state index is 13.1. The lowest BCUT2D eigenvalue weighted by atomic mass is 10.2. The zero-order chi connectivity index (χ0) is 20.9. The summed E-state index contributed by atoms with van der Waals surface area (Å²) >= 11 is 2.72. The van der Waals surface area contributed by atoms with E-state index in [0.29, 0.717) is 31.1 Å². The maximum Gasteiger partial charge on any atom is 0.246 e. The summed E-state index contributed by atoms with van der Waals surface area (Å²) in [5.74, 6) is 0.221. The van der Waals surface area contributed by atoms with Crippen molar-refractivity contribution in [2.24, 2.45) is 0 Å². The van der Waals surface area contributed by atoms with E-state index in [1.54, 1.807) is 19.1 Å². The number of thioether (sulfide) groups is 1. The summed E-state index contributed by atoms with van der Waals surface area (Å²) in [5.41, 5.74) is 0.420. The molecule has 2 heterocycles. The molecule has 0 saturated carbocycles. The molecule has 1 saturated heterocycles. The second kappa shape index (κ2) is 9.88. The first kappa shape index (κ1) is 22.0. The van der Waals surface area contributed by atoms with E-state index in [4.69, 9.17) is 4.74 Å². The normalized spacial score (nSPS) is 15.2. The minimum Gasteiger partial charge on any atom is -0.492 e. The van der Waals surface area contributed by atoms with Gasteiger partial charge in [0.05, 0.1) is 12.4 Å². The molecule has 2 aromatic rings. The van der Waals surface area contributed by atoms with Crippen LogP contribution >= 0.6 is 23.1 Å². The van der Waals surface area contributed by atoms with E-state index in [-0.39, 0.29) is 16.6 Å². The molecule has 0 spiro atoms.